The van der Waals surface area contributed by atoms with E-state index in [1.165, 1.54) is 51.9 Å². The molecule has 0 aromatic rings. The fourth-order valence-corrected chi connectivity index (χ4v) is 2.99. The third-order valence-electron chi connectivity index (χ3n) is 3.53. The first kappa shape index (κ1) is 11.4. The Morgan fingerprint density at radius 3 is 2.60 bits per heavy atom. The van der Waals surface area contributed by atoms with Gasteiger partial charge in [0.15, 0.2) is 0 Å². The number of halogens is 1. The highest BCUT2D eigenvalue weighted by atomic mass is 35.5. The standard InChI is InChI=1S/C12H21ClN2/c1-11(13)9-14-6-4-5-12(10-14)15-7-2-3-8-15/h12H,1-10H2/t12-/m0/s1. The molecule has 0 bridgehead atoms. The van der Waals surface area contributed by atoms with E-state index in [4.69, 9.17) is 11.6 Å². The first-order valence-corrected chi connectivity index (χ1v) is 6.43. The van der Waals surface area contributed by atoms with Gasteiger partial charge in [0.2, 0.25) is 0 Å². The molecule has 86 valence electrons. The van der Waals surface area contributed by atoms with E-state index in [0.717, 1.165) is 17.6 Å². The fraction of sp³-hybridized carbons (Fsp3) is 0.833. The molecule has 0 unspecified atom stereocenters. The number of nitrogens with zero attached hydrogens (tertiary/aromatic N) is 2. The molecule has 2 aliphatic rings. The van der Waals surface area contributed by atoms with Gasteiger partial charge in [-0.3, -0.25) is 9.80 Å². The molecule has 0 aromatic carbocycles. The van der Waals surface area contributed by atoms with Gasteiger partial charge in [-0.25, -0.2) is 0 Å². The van der Waals surface area contributed by atoms with Gasteiger partial charge in [-0.05, 0) is 45.3 Å². The molecule has 15 heavy (non-hydrogen) atoms. The summed E-state index contributed by atoms with van der Waals surface area (Å²) in [5.41, 5.74) is 0. The number of rotatable bonds is 3. The maximum atomic E-state index is 5.87. The number of piperidine rings is 1. The predicted octanol–water partition coefficient (Wildman–Crippen LogP) is 2.30. The molecule has 2 saturated heterocycles. The van der Waals surface area contributed by atoms with Crippen LogP contribution in [0.1, 0.15) is 25.7 Å². The van der Waals surface area contributed by atoms with Crippen molar-refractivity contribution < 1.29 is 0 Å². The van der Waals surface area contributed by atoms with Crippen molar-refractivity contribution >= 4 is 11.6 Å². The van der Waals surface area contributed by atoms with Crippen LogP contribution in [-0.2, 0) is 0 Å². The van der Waals surface area contributed by atoms with Crippen molar-refractivity contribution in [3.05, 3.63) is 11.6 Å². The maximum absolute atomic E-state index is 5.87. The van der Waals surface area contributed by atoms with Crippen molar-refractivity contribution in [3.63, 3.8) is 0 Å². The van der Waals surface area contributed by atoms with Crippen LogP contribution in [0.3, 0.4) is 0 Å². The van der Waals surface area contributed by atoms with Crippen LogP contribution in [-0.4, -0.2) is 48.6 Å². The minimum absolute atomic E-state index is 0.775. The van der Waals surface area contributed by atoms with E-state index in [2.05, 4.69) is 16.4 Å². The largest absolute Gasteiger partial charge is 0.299 e. The predicted molar refractivity (Wildman–Crippen MR) is 65.3 cm³/mol. The molecule has 2 heterocycles. The Hall–Kier alpha value is -0.0500. The van der Waals surface area contributed by atoms with Gasteiger partial charge < -0.3 is 0 Å². The van der Waals surface area contributed by atoms with Gasteiger partial charge >= 0.3 is 0 Å². The van der Waals surface area contributed by atoms with Crippen LogP contribution in [0.5, 0.6) is 0 Å². The van der Waals surface area contributed by atoms with Crippen molar-refractivity contribution in [1.82, 2.24) is 9.80 Å². The SMILES string of the molecule is C=C(Cl)CN1CCC[C@H](N2CCCC2)C1. The summed E-state index contributed by atoms with van der Waals surface area (Å²) in [4.78, 5) is 5.10. The van der Waals surface area contributed by atoms with Crippen molar-refractivity contribution in [2.75, 3.05) is 32.7 Å². The molecule has 3 heteroatoms. The van der Waals surface area contributed by atoms with Crippen LogP contribution >= 0.6 is 11.6 Å². The Bertz CT molecular complexity index is 224. The molecule has 0 amide bonds. The molecule has 2 rings (SSSR count). The summed E-state index contributed by atoms with van der Waals surface area (Å²) < 4.78 is 0. The number of likely N-dealkylation sites (tertiary alicyclic amines) is 2. The molecule has 0 N–H and O–H groups in total. The van der Waals surface area contributed by atoms with E-state index in [-0.39, 0.29) is 0 Å². The highest BCUT2D eigenvalue weighted by Crippen LogP contribution is 2.21. The molecule has 2 aliphatic heterocycles. The average molecular weight is 229 g/mol. The second-order valence-electron chi connectivity index (χ2n) is 4.79. The van der Waals surface area contributed by atoms with E-state index in [9.17, 15) is 0 Å². The van der Waals surface area contributed by atoms with Crippen LogP contribution in [0.25, 0.3) is 0 Å². The molecule has 2 fully saturated rings. The van der Waals surface area contributed by atoms with Gasteiger partial charge in [-0.1, -0.05) is 18.2 Å². The molecule has 1 atom stereocenters. The van der Waals surface area contributed by atoms with Gasteiger partial charge in [0.25, 0.3) is 0 Å². The lowest BCUT2D eigenvalue weighted by Gasteiger charge is -2.37. The third-order valence-corrected chi connectivity index (χ3v) is 3.65. The smallest absolute Gasteiger partial charge is 0.0336 e. The lowest BCUT2D eigenvalue weighted by Crippen LogP contribution is -2.47. The second-order valence-corrected chi connectivity index (χ2v) is 5.33. The molecule has 0 radical (unpaired) electrons. The van der Waals surface area contributed by atoms with E-state index in [1.54, 1.807) is 0 Å². The van der Waals surface area contributed by atoms with Crippen molar-refractivity contribution in [2.24, 2.45) is 0 Å². The Kier molecular flexibility index (Phi) is 4.06. The quantitative estimate of drug-likeness (QED) is 0.732. The van der Waals surface area contributed by atoms with Gasteiger partial charge in [0, 0.05) is 24.2 Å². The molecule has 0 aliphatic carbocycles. The number of hydrogen-bond donors (Lipinski definition) is 0. The fourth-order valence-electron chi connectivity index (χ4n) is 2.82. The minimum atomic E-state index is 0.775. The minimum Gasteiger partial charge on any atom is -0.299 e. The summed E-state index contributed by atoms with van der Waals surface area (Å²) in [6.07, 6.45) is 5.45. The average Bonchev–Trinajstić information content (AvgIpc) is 2.69. The zero-order valence-corrected chi connectivity index (χ0v) is 10.2. The summed E-state index contributed by atoms with van der Waals surface area (Å²) in [5.74, 6) is 0. The Labute approximate surface area is 97.9 Å². The van der Waals surface area contributed by atoms with Gasteiger partial charge in [-0.15, -0.1) is 0 Å². The van der Waals surface area contributed by atoms with Crippen LogP contribution in [0.15, 0.2) is 11.6 Å². The second kappa shape index (κ2) is 5.33. The normalized spacial score (nSPS) is 29.5. The van der Waals surface area contributed by atoms with E-state index >= 15 is 0 Å². The maximum Gasteiger partial charge on any atom is 0.0336 e. The van der Waals surface area contributed by atoms with Crippen molar-refractivity contribution in [3.8, 4) is 0 Å². The summed E-state index contributed by atoms with van der Waals surface area (Å²) in [6.45, 7) is 9.64. The number of hydrogen-bond acceptors (Lipinski definition) is 2. The molecule has 2 nitrogen and oxygen atoms in total. The Morgan fingerprint density at radius 2 is 1.93 bits per heavy atom. The van der Waals surface area contributed by atoms with Crippen LogP contribution in [0.2, 0.25) is 0 Å². The molecular weight excluding hydrogens is 208 g/mol. The molecule has 0 saturated carbocycles. The third kappa shape index (κ3) is 3.20. The first-order chi connectivity index (χ1) is 7.25. The highest BCUT2D eigenvalue weighted by molar-refractivity contribution is 6.29. The van der Waals surface area contributed by atoms with E-state index in [0.29, 0.717) is 0 Å². The highest BCUT2D eigenvalue weighted by Gasteiger charge is 2.26. The molecule has 0 spiro atoms. The lowest BCUT2D eigenvalue weighted by molar-refractivity contribution is 0.123. The van der Waals surface area contributed by atoms with Gasteiger partial charge in [-0.2, -0.15) is 0 Å². The first-order valence-electron chi connectivity index (χ1n) is 6.05. The van der Waals surface area contributed by atoms with E-state index < -0.39 is 0 Å². The molecule has 0 aromatic heterocycles. The van der Waals surface area contributed by atoms with Gasteiger partial charge in [0.05, 0.1) is 0 Å². The van der Waals surface area contributed by atoms with Crippen LogP contribution in [0, 0.1) is 0 Å². The van der Waals surface area contributed by atoms with Crippen molar-refractivity contribution in [1.29, 1.82) is 0 Å². The topological polar surface area (TPSA) is 6.48 Å². The zero-order chi connectivity index (χ0) is 10.7. The Balaban J connectivity index is 1.83. The van der Waals surface area contributed by atoms with Crippen LogP contribution in [0.4, 0.5) is 0 Å². The van der Waals surface area contributed by atoms with Crippen molar-refractivity contribution in [2.45, 2.75) is 31.7 Å². The summed E-state index contributed by atoms with van der Waals surface area (Å²) in [6, 6.07) is 0.775. The monoisotopic (exact) mass is 228 g/mol. The summed E-state index contributed by atoms with van der Waals surface area (Å²) in [7, 11) is 0. The lowest BCUT2D eigenvalue weighted by atomic mass is 10.0. The van der Waals surface area contributed by atoms with Gasteiger partial charge in [0.1, 0.15) is 0 Å². The molecular formula is C12H21ClN2. The van der Waals surface area contributed by atoms with E-state index in [1.807, 2.05) is 0 Å². The zero-order valence-electron chi connectivity index (χ0n) is 9.42. The summed E-state index contributed by atoms with van der Waals surface area (Å²) in [5, 5.41) is 0.775. The Morgan fingerprint density at radius 1 is 1.20 bits per heavy atom. The van der Waals surface area contributed by atoms with Crippen LogP contribution < -0.4 is 0 Å². The summed E-state index contributed by atoms with van der Waals surface area (Å²) >= 11 is 5.87.